The topological polar surface area (TPSA) is 90.8 Å². The Morgan fingerprint density at radius 3 is 2.35 bits per heavy atom. The number of nitrogens with one attached hydrogen (secondary N) is 1. The minimum Gasteiger partial charge on any atom is -0.497 e. The van der Waals surface area contributed by atoms with E-state index in [-0.39, 0.29) is 5.57 Å². The molecule has 1 amide bonds. The normalized spacial score (nSPS) is 10.8. The number of rotatable bonds is 6. The zero-order valence-corrected chi connectivity index (χ0v) is 17.6. The van der Waals surface area contributed by atoms with Crippen LogP contribution in [0, 0.1) is 36.5 Å². The lowest BCUT2D eigenvalue weighted by atomic mass is 10.1. The number of carbonyl (C=O) groups is 1. The van der Waals surface area contributed by atoms with Crippen molar-refractivity contribution in [2.45, 2.75) is 20.3 Å². The van der Waals surface area contributed by atoms with E-state index in [0.29, 0.717) is 12.1 Å². The molecule has 0 atom stereocenters. The van der Waals surface area contributed by atoms with Gasteiger partial charge in [0.1, 0.15) is 17.4 Å². The van der Waals surface area contributed by atoms with Gasteiger partial charge < -0.3 is 14.6 Å². The number of benzene rings is 2. The van der Waals surface area contributed by atoms with Gasteiger partial charge in [-0.05, 0) is 73.5 Å². The Morgan fingerprint density at radius 1 is 1.10 bits per heavy atom. The molecule has 31 heavy (non-hydrogen) atoms. The second-order valence-corrected chi connectivity index (χ2v) is 7.02. The van der Waals surface area contributed by atoms with Crippen molar-refractivity contribution < 1.29 is 9.53 Å². The predicted octanol–water partition coefficient (Wildman–Crippen LogP) is 4.71. The highest BCUT2D eigenvalue weighted by Crippen LogP contribution is 2.24. The van der Waals surface area contributed by atoms with Crippen molar-refractivity contribution in [2.24, 2.45) is 0 Å². The number of hydrogen-bond acceptors (Lipinski definition) is 4. The molecule has 0 unspecified atom stereocenters. The number of aromatic nitrogens is 1. The third-order valence-electron chi connectivity index (χ3n) is 4.96. The molecule has 0 saturated heterocycles. The van der Waals surface area contributed by atoms with E-state index in [4.69, 9.17) is 10.00 Å². The Kier molecular flexibility index (Phi) is 6.54. The summed E-state index contributed by atoms with van der Waals surface area (Å²) in [6.07, 6.45) is 1.91. The fourth-order valence-electron chi connectivity index (χ4n) is 3.36. The molecule has 6 nitrogen and oxygen atoms in total. The standard InChI is InChI=1S/C25H22N4O2/c1-17-14-20(18(2)29(17)23-8-10-24(31-3)11-9-23)15-21(16-27)25(30)28-22-6-4-19(5-7-22)12-13-26/h4-11,14-15H,12H2,1-3H3,(H,28,30). The monoisotopic (exact) mass is 410 g/mol. The lowest BCUT2D eigenvalue weighted by Gasteiger charge is -2.10. The number of anilines is 1. The molecule has 1 aromatic heterocycles. The van der Waals surface area contributed by atoms with Crippen LogP contribution in [0.1, 0.15) is 22.5 Å². The molecule has 0 radical (unpaired) electrons. The Labute approximate surface area is 181 Å². The third kappa shape index (κ3) is 4.83. The molecule has 0 spiro atoms. The summed E-state index contributed by atoms with van der Waals surface area (Å²) in [4.78, 5) is 12.6. The Hall–Kier alpha value is -4.29. The lowest BCUT2D eigenvalue weighted by molar-refractivity contribution is -0.112. The first-order valence-corrected chi connectivity index (χ1v) is 9.69. The largest absolute Gasteiger partial charge is 0.497 e. The van der Waals surface area contributed by atoms with Crippen LogP contribution in [0.2, 0.25) is 0 Å². The van der Waals surface area contributed by atoms with Gasteiger partial charge in [0.05, 0.1) is 19.6 Å². The van der Waals surface area contributed by atoms with E-state index in [1.165, 1.54) is 0 Å². The highest BCUT2D eigenvalue weighted by atomic mass is 16.5. The molecule has 0 fully saturated rings. The number of nitrogens with zero attached hydrogens (tertiary/aromatic N) is 3. The van der Waals surface area contributed by atoms with Crippen molar-refractivity contribution in [2.75, 3.05) is 12.4 Å². The first kappa shape index (κ1) is 21.4. The van der Waals surface area contributed by atoms with E-state index in [1.807, 2.05) is 50.2 Å². The molecular formula is C25H22N4O2. The summed E-state index contributed by atoms with van der Waals surface area (Å²) in [6, 6.07) is 20.7. The minimum atomic E-state index is -0.482. The summed E-state index contributed by atoms with van der Waals surface area (Å²) in [7, 11) is 1.62. The maximum atomic E-state index is 12.6. The van der Waals surface area contributed by atoms with E-state index in [0.717, 1.165) is 34.0 Å². The van der Waals surface area contributed by atoms with Crippen LogP contribution in [0.25, 0.3) is 11.8 Å². The average Bonchev–Trinajstić information content (AvgIpc) is 3.06. The van der Waals surface area contributed by atoms with Gasteiger partial charge in [0, 0.05) is 22.8 Å². The van der Waals surface area contributed by atoms with Crippen LogP contribution in [0.15, 0.2) is 60.2 Å². The van der Waals surface area contributed by atoms with E-state index >= 15 is 0 Å². The van der Waals surface area contributed by atoms with Gasteiger partial charge in [0.2, 0.25) is 0 Å². The van der Waals surface area contributed by atoms with E-state index in [9.17, 15) is 10.1 Å². The summed E-state index contributed by atoms with van der Waals surface area (Å²) >= 11 is 0. The number of nitriles is 2. The number of carbonyl (C=O) groups excluding carboxylic acids is 1. The molecule has 6 heteroatoms. The number of amides is 1. The highest BCUT2D eigenvalue weighted by Gasteiger charge is 2.14. The SMILES string of the molecule is COc1ccc(-n2c(C)cc(C=C(C#N)C(=O)Nc3ccc(CC#N)cc3)c2C)cc1. The van der Waals surface area contributed by atoms with E-state index in [2.05, 4.69) is 16.0 Å². The Bertz CT molecular complexity index is 1200. The van der Waals surface area contributed by atoms with E-state index < -0.39 is 5.91 Å². The van der Waals surface area contributed by atoms with Gasteiger partial charge in [-0.15, -0.1) is 0 Å². The second-order valence-electron chi connectivity index (χ2n) is 7.02. The van der Waals surface area contributed by atoms with Crippen LogP contribution in [0.4, 0.5) is 5.69 Å². The Morgan fingerprint density at radius 2 is 1.77 bits per heavy atom. The van der Waals surface area contributed by atoms with Crippen molar-refractivity contribution in [3.8, 4) is 23.6 Å². The second kappa shape index (κ2) is 9.47. The molecule has 1 N–H and O–H groups in total. The molecule has 0 aliphatic heterocycles. The molecule has 0 aliphatic carbocycles. The molecule has 3 rings (SSSR count). The third-order valence-corrected chi connectivity index (χ3v) is 4.96. The minimum absolute atomic E-state index is 0.0103. The highest BCUT2D eigenvalue weighted by molar-refractivity contribution is 6.09. The summed E-state index contributed by atoms with van der Waals surface area (Å²) in [5.74, 6) is 0.292. The fraction of sp³-hybridized carbons (Fsp3) is 0.160. The van der Waals surface area contributed by atoms with Gasteiger partial charge in [-0.25, -0.2) is 0 Å². The number of ether oxygens (including phenoxy) is 1. The molecule has 0 bridgehead atoms. The van der Waals surface area contributed by atoms with Crippen molar-refractivity contribution in [1.29, 1.82) is 10.5 Å². The van der Waals surface area contributed by atoms with Gasteiger partial charge >= 0.3 is 0 Å². The molecule has 0 saturated carbocycles. The van der Waals surface area contributed by atoms with Gasteiger partial charge in [0.15, 0.2) is 0 Å². The molecule has 1 heterocycles. The maximum Gasteiger partial charge on any atom is 0.266 e. The van der Waals surface area contributed by atoms with E-state index in [1.54, 1.807) is 37.5 Å². The summed E-state index contributed by atoms with van der Waals surface area (Å²) in [6.45, 7) is 3.92. The molecule has 154 valence electrons. The van der Waals surface area contributed by atoms with Crippen molar-refractivity contribution in [3.05, 3.63) is 82.7 Å². The first-order chi connectivity index (χ1) is 15.0. The van der Waals surface area contributed by atoms with Crippen LogP contribution in [0.3, 0.4) is 0 Å². The van der Waals surface area contributed by atoms with Crippen molar-refractivity contribution in [3.63, 3.8) is 0 Å². The van der Waals surface area contributed by atoms with Crippen LogP contribution in [-0.4, -0.2) is 17.6 Å². The zero-order valence-electron chi connectivity index (χ0n) is 17.6. The number of hydrogen-bond donors (Lipinski definition) is 1. The van der Waals surface area contributed by atoms with Crippen LogP contribution in [0.5, 0.6) is 5.75 Å². The maximum absolute atomic E-state index is 12.6. The quantitative estimate of drug-likeness (QED) is 0.470. The fourth-order valence-corrected chi connectivity index (χ4v) is 3.36. The zero-order chi connectivity index (χ0) is 22.4. The first-order valence-electron chi connectivity index (χ1n) is 9.69. The summed E-state index contributed by atoms with van der Waals surface area (Å²) in [5, 5.41) is 21.0. The smallest absolute Gasteiger partial charge is 0.266 e. The van der Waals surface area contributed by atoms with Crippen LogP contribution < -0.4 is 10.1 Å². The van der Waals surface area contributed by atoms with Crippen LogP contribution in [-0.2, 0) is 11.2 Å². The number of aryl methyl sites for hydroxylation is 1. The van der Waals surface area contributed by atoms with Gasteiger partial charge in [0.25, 0.3) is 5.91 Å². The molecule has 2 aromatic carbocycles. The van der Waals surface area contributed by atoms with Crippen molar-refractivity contribution in [1.82, 2.24) is 4.57 Å². The number of methoxy groups -OCH3 is 1. The molecule has 3 aromatic rings. The van der Waals surface area contributed by atoms with Gasteiger partial charge in [-0.3, -0.25) is 4.79 Å². The summed E-state index contributed by atoms with van der Waals surface area (Å²) in [5.41, 5.74) is 5.11. The van der Waals surface area contributed by atoms with Crippen LogP contribution >= 0.6 is 0 Å². The average molecular weight is 410 g/mol. The summed E-state index contributed by atoms with van der Waals surface area (Å²) < 4.78 is 7.28. The molecule has 0 aliphatic rings. The van der Waals surface area contributed by atoms with Gasteiger partial charge in [-0.2, -0.15) is 10.5 Å². The molecular weight excluding hydrogens is 388 g/mol. The lowest BCUT2D eigenvalue weighted by Crippen LogP contribution is -2.13. The predicted molar refractivity (Wildman–Crippen MR) is 120 cm³/mol. The Balaban J connectivity index is 1.85. The van der Waals surface area contributed by atoms with Gasteiger partial charge in [-0.1, -0.05) is 12.1 Å². The van der Waals surface area contributed by atoms with Crippen molar-refractivity contribution >= 4 is 17.7 Å².